The number of nitrogens with one attached hydrogen (secondary N) is 1. The van der Waals surface area contributed by atoms with Gasteiger partial charge < -0.3 is 25.4 Å². The van der Waals surface area contributed by atoms with E-state index < -0.39 is 24.0 Å². The van der Waals surface area contributed by atoms with Crippen LogP contribution in [0.1, 0.15) is 17.3 Å². The molecule has 1 aromatic rings. The van der Waals surface area contributed by atoms with Gasteiger partial charge in [-0.05, 0) is 25.1 Å². The maximum atomic E-state index is 11.8. The Hall–Kier alpha value is -2.28. The molecule has 0 aromatic heterocycles. The number of carbonyl (C=O) groups excluding carboxylic acids is 1. The van der Waals surface area contributed by atoms with Crippen molar-refractivity contribution >= 4 is 11.9 Å². The van der Waals surface area contributed by atoms with Crippen LogP contribution in [0.4, 0.5) is 0 Å². The third-order valence-electron chi connectivity index (χ3n) is 2.48. The first-order valence-electron chi connectivity index (χ1n) is 5.45. The average molecular weight is 269 g/mol. The zero-order valence-electron chi connectivity index (χ0n) is 10.5. The third-order valence-corrected chi connectivity index (χ3v) is 2.48. The molecule has 2 atom stereocenters. The molecule has 0 aliphatic heterocycles. The number of aromatic hydroxyl groups is 1. The summed E-state index contributed by atoms with van der Waals surface area (Å²) in [6.45, 7) is 1.25. The summed E-state index contributed by atoms with van der Waals surface area (Å²) < 4.78 is 4.82. The summed E-state index contributed by atoms with van der Waals surface area (Å²) in [6.07, 6.45) is -1.24. The molecular weight excluding hydrogens is 254 g/mol. The summed E-state index contributed by atoms with van der Waals surface area (Å²) in [5.74, 6) is -2.10. The molecule has 0 radical (unpaired) electrons. The monoisotopic (exact) mass is 269 g/mol. The van der Waals surface area contributed by atoms with Crippen molar-refractivity contribution in [2.75, 3.05) is 7.11 Å². The topological polar surface area (TPSA) is 116 Å². The van der Waals surface area contributed by atoms with Crippen molar-refractivity contribution in [3.05, 3.63) is 23.8 Å². The minimum Gasteiger partial charge on any atom is -0.504 e. The summed E-state index contributed by atoms with van der Waals surface area (Å²) in [6, 6.07) is 2.48. The van der Waals surface area contributed by atoms with E-state index in [2.05, 4.69) is 5.32 Å². The molecule has 1 rings (SSSR count). The van der Waals surface area contributed by atoms with Gasteiger partial charge in [-0.25, -0.2) is 4.79 Å². The molecule has 0 spiro atoms. The summed E-state index contributed by atoms with van der Waals surface area (Å²) in [5.41, 5.74) is 0.0604. The van der Waals surface area contributed by atoms with Gasteiger partial charge in [0.15, 0.2) is 17.5 Å². The maximum Gasteiger partial charge on any atom is 0.328 e. The molecule has 0 aliphatic rings. The second-order valence-corrected chi connectivity index (χ2v) is 3.92. The molecule has 0 unspecified atom stereocenters. The highest BCUT2D eigenvalue weighted by atomic mass is 16.5. The van der Waals surface area contributed by atoms with E-state index in [-0.39, 0.29) is 17.1 Å². The molecule has 0 fully saturated rings. The number of phenolic OH excluding ortho intramolecular Hbond substituents is 1. The molecular formula is C12H15NO6. The Bertz CT molecular complexity index is 485. The highest BCUT2D eigenvalue weighted by molar-refractivity contribution is 5.97. The van der Waals surface area contributed by atoms with E-state index in [4.69, 9.17) is 9.84 Å². The molecule has 1 amide bonds. The molecule has 0 bridgehead atoms. The molecule has 104 valence electrons. The van der Waals surface area contributed by atoms with Crippen molar-refractivity contribution in [2.24, 2.45) is 0 Å². The van der Waals surface area contributed by atoms with Crippen LogP contribution in [0.5, 0.6) is 11.5 Å². The van der Waals surface area contributed by atoms with Gasteiger partial charge in [0.05, 0.1) is 13.2 Å². The Labute approximate surface area is 109 Å². The van der Waals surface area contributed by atoms with E-state index in [1.54, 1.807) is 0 Å². The third kappa shape index (κ3) is 3.59. The van der Waals surface area contributed by atoms with Crippen molar-refractivity contribution in [3.8, 4) is 11.5 Å². The summed E-state index contributed by atoms with van der Waals surface area (Å²) in [4.78, 5) is 22.6. The van der Waals surface area contributed by atoms with Gasteiger partial charge in [-0.3, -0.25) is 4.79 Å². The number of rotatable bonds is 5. The van der Waals surface area contributed by atoms with Gasteiger partial charge >= 0.3 is 5.97 Å². The van der Waals surface area contributed by atoms with Gasteiger partial charge in [-0.15, -0.1) is 0 Å². The number of methoxy groups -OCH3 is 1. The molecule has 0 saturated heterocycles. The van der Waals surface area contributed by atoms with E-state index in [1.165, 1.54) is 26.2 Å². The molecule has 19 heavy (non-hydrogen) atoms. The van der Waals surface area contributed by atoms with Crippen LogP contribution in [-0.4, -0.2) is 46.5 Å². The van der Waals surface area contributed by atoms with Crippen LogP contribution in [0.25, 0.3) is 0 Å². The van der Waals surface area contributed by atoms with Gasteiger partial charge in [-0.2, -0.15) is 0 Å². The maximum absolute atomic E-state index is 11.8. The molecule has 7 heteroatoms. The first kappa shape index (κ1) is 14.8. The quantitative estimate of drug-likeness (QED) is 0.596. The lowest BCUT2D eigenvalue weighted by Crippen LogP contribution is -2.47. The number of carboxylic acid groups (broad SMARTS) is 1. The van der Waals surface area contributed by atoms with Crippen molar-refractivity contribution in [2.45, 2.75) is 19.1 Å². The van der Waals surface area contributed by atoms with Crippen molar-refractivity contribution in [1.29, 1.82) is 0 Å². The average Bonchev–Trinajstić information content (AvgIpc) is 2.34. The van der Waals surface area contributed by atoms with Crippen molar-refractivity contribution < 1.29 is 29.6 Å². The summed E-state index contributed by atoms with van der Waals surface area (Å²) in [5, 5.41) is 29.8. The predicted molar refractivity (Wildman–Crippen MR) is 65.2 cm³/mol. The van der Waals surface area contributed by atoms with Gasteiger partial charge in [0.1, 0.15) is 0 Å². The van der Waals surface area contributed by atoms with Crippen LogP contribution in [0.2, 0.25) is 0 Å². The largest absolute Gasteiger partial charge is 0.504 e. The van der Waals surface area contributed by atoms with Crippen molar-refractivity contribution in [1.82, 2.24) is 5.32 Å². The van der Waals surface area contributed by atoms with E-state index in [0.29, 0.717) is 0 Å². The van der Waals surface area contributed by atoms with Crippen LogP contribution in [0.3, 0.4) is 0 Å². The lowest BCUT2D eigenvalue weighted by molar-refractivity contribution is -0.141. The minimum atomic E-state index is -1.42. The van der Waals surface area contributed by atoms with E-state index in [0.717, 1.165) is 6.07 Å². The minimum absolute atomic E-state index is 0.0604. The normalized spacial score (nSPS) is 13.4. The number of hydrogen-bond donors (Lipinski definition) is 4. The lowest BCUT2D eigenvalue weighted by Gasteiger charge is -2.17. The highest BCUT2D eigenvalue weighted by Crippen LogP contribution is 2.26. The van der Waals surface area contributed by atoms with E-state index in [1.807, 2.05) is 0 Å². The number of carboxylic acids is 1. The number of phenols is 1. The number of aliphatic carboxylic acids is 1. The molecule has 4 N–H and O–H groups in total. The molecule has 1 aromatic carbocycles. The molecule has 0 heterocycles. The van der Waals surface area contributed by atoms with E-state index in [9.17, 15) is 19.8 Å². The second-order valence-electron chi connectivity index (χ2n) is 3.92. The number of aliphatic hydroxyl groups excluding tert-OH is 1. The fraction of sp³-hybridized carbons (Fsp3) is 0.333. The predicted octanol–water partition coefficient (Wildman–Crippen LogP) is -0.0354. The fourth-order valence-corrected chi connectivity index (χ4v) is 1.44. The summed E-state index contributed by atoms with van der Waals surface area (Å²) in [7, 11) is 1.36. The number of aliphatic hydroxyl groups is 1. The summed E-state index contributed by atoms with van der Waals surface area (Å²) >= 11 is 0. The number of carbonyl (C=O) groups is 2. The van der Waals surface area contributed by atoms with Crippen molar-refractivity contribution in [3.63, 3.8) is 0 Å². The Kier molecular flexibility index (Phi) is 4.71. The number of ether oxygens (including phenoxy) is 1. The number of amides is 1. The van der Waals surface area contributed by atoms with Gasteiger partial charge in [0, 0.05) is 5.56 Å². The van der Waals surface area contributed by atoms with Crippen LogP contribution >= 0.6 is 0 Å². The smallest absolute Gasteiger partial charge is 0.328 e. The number of hydrogen-bond acceptors (Lipinski definition) is 5. The number of benzene rings is 1. The van der Waals surface area contributed by atoms with Gasteiger partial charge in [0.2, 0.25) is 0 Å². The Morgan fingerprint density at radius 1 is 1.37 bits per heavy atom. The SMILES string of the molecule is COc1ccc(C(=O)N[C@H](C(=O)O)[C@@H](C)O)cc1O. The van der Waals surface area contributed by atoms with E-state index >= 15 is 0 Å². The molecule has 0 saturated carbocycles. The Morgan fingerprint density at radius 3 is 2.42 bits per heavy atom. The van der Waals surface area contributed by atoms with Crippen LogP contribution in [-0.2, 0) is 4.79 Å². The fourth-order valence-electron chi connectivity index (χ4n) is 1.44. The standard InChI is InChI=1S/C12H15NO6/c1-6(14)10(12(17)18)13-11(16)7-3-4-9(19-2)8(15)5-7/h3-6,10,14-15H,1-2H3,(H,13,16)(H,17,18)/t6-,10+/m1/s1. The Morgan fingerprint density at radius 2 is 2.00 bits per heavy atom. The zero-order chi connectivity index (χ0) is 14.6. The second kappa shape index (κ2) is 6.05. The van der Waals surface area contributed by atoms with Crippen LogP contribution < -0.4 is 10.1 Å². The highest BCUT2D eigenvalue weighted by Gasteiger charge is 2.25. The van der Waals surface area contributed by atoms with Gasteiger partial charge in [-0.1, -0.05) is 0 Å². The molecule has 0 aliphatic carbocycles. The first-order chi connectivity index (χ1) is 8.86. The van der Waals surface area contributed by atoms with Crippen LogP contribution in [0.15, 0.2) is 18.2 Å². The first-order valence-corrected chi connectivity index (χ1v) is 5.45. The Balaban J connectivity index is 2.89. The lowest BCUT2D eigenvalue weighted by atomic mass is 10.1. The van der Waals surface area contributed by atoms with Gasteiger partial charge in [0.25, 0.3) is 5.91 Å². The zero-order valence-corrected chi connectivity index (χ0v) is 10.5. The van der Waals surface area contributed by atoms with Crippen LogP contribution in [0, 0.1) is 0 Å². The molecule has 7 nitrogen and oxygen atoms in total.